The zero-order chi connectivity index (χ0) is 22.7. The number of nitriles is 1. The number of hydrogen-bond donors (Lipinski definition) is 1. The van der Waals surface area contributed by atoms with Crippen molar-refractivity contribution < 1.29 is 9.53 Å². The lowest BCUT2D eigenvalue weighted by Crippen LogP contribution is -2.26. The summed E-state index contributed by atoms with van der Waals surface area (Å²) in [6.07, 6.45) is 3.52. The minimum atomic E-state index is -0.128. The van der Waals surface area contributed by atoms with E-state index in [1.807, 2.05) is 38.1 Å². The highest BCUT2D eigenvalue weighted by Crippen LogP contribution is 2.32. The smallest absolute Gasteiger partial charge is 0.254 e. The van der Waals surface area contributed by atoms with Crippen LogP contribution in [0.2, 0.25) is 0 Å². The Morgan fingerprint density at radius 2 is 2.06 bits per heavy atom. The summed E-state index contributed by atoms with van der Waals surface area (Å²) in [6.45, 7) is 4.68. The molecule has 0 atom stereocenters. The van der Waals surface area contributed by atoms with Crippen molar-refractivity contribution in [2.75, 3.05) is 13.7 Å². The van der Waals surface area contributed by atoms with Gasteiger partial charge in [0.15, 0.2) is 0 Å². The Morgan fingerprint density at radius 1 is 1.22 bits per heavy atom. The van der Waals surface area contributed by atoms with Gasteiger partial charge in [0.05, 0.1) is 30.0 Å². The topological polar surface area (TPSA) is 94.9 Å². The van der Waals surface area contributed by atoms with Gasteiger partial charge in [0, 0.05) is 47.6 Å². The van der Waals surface area contributed by atoms with Gasteiger partial charge in [-0.05, 0) is 49.7 Å². The summed E-state index contributed by atoms with van der Waals surface area (Å²) in [4.78, 5) is 19.2. The number of nitrogens with one attached hydrogen (secondary N) is 1. The van der Waals surface area contributed by atoms with Crippen LogP contribution in [-0.4, -0.2) is 39.6 Å². The largest absolute Gasteiger partial charge is 0.493 e. The first kappa shape index (κ1) is 21.1. The third-order valence-electron chi connectivity index (χ3n) is 5.35. The van der Waals surface area contributed by atoms with Crippen LogP contribution in [-0.2, 0) is 6.54 Å². The highest BCUT2D eigenvalue weighted by atomic mass is 16.5. The second-order valence-corrected chi connectivity index (χ2v) is 7.53. The molecule has 4 rings (SSSR count). The van der Waals surface area contributed by atoms with Crippen LogP contribution >= 0.6 is 0 Å². The highest BCUT2D eigenvalue weighted by molar-refractivity contribution is 5.96. The minimum absolute atomic E-state index is 0.128. The first-order chi connectivity index (χ1) is 15.5. The summed E-state index contributed by atoms with van der Waals surface area (Å²) in [5.74, 6) is 0.478. The Kier molecular flexibility index (Phi) is 5.86. The summed E-state index contributed by atoms with van der Waals surface area (Å²) < 4.78 is 5.84. The van der Waals surface area contributed by atoms with Crippen LogP contribution in [0, 0.1) is 18.3 Å². The van der Waals surface area contributed by atoms with Crippen LogP contribution in [0.5, 0.6) is 5.75 Å². The maximum absolute atomic E-state index is 13.2. The van der Waals surface area contributed by atoms with Gasteiger partial charge in [0.25, 0.3) is 5.91 Å². The van der Waals surface area contributed by atoms with E-state index < -0.39 is 0 Å². The van der Waals surface area contributed by atoms with Gasteiger partial charge in [-0.3, -0.25) is 14.9 Å². The molecule has 0 saturated carbocycles. The number of carbonyl (C=O) groups is 1. The predicted molar refractivity (Wildman–Crippen MR) is 122 cm³/mol. The van der Waals surface area contributed by atoms with Crippen LogP contribution < -0.4 is 4.74 Å². The summed E-state index contributed by atoms with van der Waals surface area (Å²) in [5.41, 5.74) is 5.48. The zero-order valence-corrected chi connectivity index (χ0v) is 18.2. The summed E-state index contributed by atoms with van der Waals surface area (Å²) >= 11 is 0. The monoisotopic (exact) mass is 425 g/mol. The second-order valence-electron chi connectivity index (χ2n) is 7.53. The molecule has 1 N–H and O–H groups in total. The molecule has 0 aliphatic carbocycles. The number of ether oxygens (including phenoxy) is 1. The first-order valence-corrected chi connectivity index (χ1v) is 10.3. The maximum Gasteiger partial charge on any atom is 0.254 e. The van der Waals surface area contributed by atoms with E-state index in [0.717, 1.165) is 33.3 Å². The van der Waals surface area contributed by atoms with Crippen molar-refractivity contribution in [1.29, 1.82) is 5.26 Å². The minimum Gasteiger partial charge on any atom is -0.493 e. The molecule has 0 bridgehead atoms. The van der Waals surface area contributed by atoms with E-state index in [1.54, 1.807) is 42.5 Å². The Hall–Kier alpha value is -4.18. The fraction of sp³-hybridized carbons (Fsp3) is 0.200. The number of aromatic amines is 1. The van der Waals surface area contributed by atoms with E-state index >= 15 is 0 Å². The molecule has 0 spiro atoms. The predicted octanol–water partition coefficient (Wildman–Crippen LogP) is 4.48. The fourth-order valence-corrected chi connectivity index (χ4v) is 3.71. The second kappa shape index (κ2) is 8.90. The quantitative estimate of drug-likeness (QED) is 0.492. The molecular formula is C25H23N5O2. The van der Waals surface area contributed by atoms with E-state index in [2.05, 4.69) is 21.3 Å². The highest BCUT2D eigenvalue weighted by Gasteiger charge is 2.18. The van der Waals surface area contributed by atoms with Crippen LogP contribution in [0.3, 0.4) is 0 Å². The number of amides is 1. The van der Waals surface area contributed by atoms with Crippen molar-refractivity contribution >= 4 is 16.8 Å². The van der Waals surface area contributed by atoms with E-state index in [4.69, 9.17) is 4.74 Å². The Labute approximate surface area is 186 Å². The van der Waals surface area contributed by atoms with Crippen molar-refractivity contribution in [3.8, 4) is 22.9 Å². The van der Waals surface area contributed by atoms with E-state index in [9.17, 15) is 10.1 Å². The Morgan fingerprint density at radius 3 is 2.84 bits per heavy atom. The molecule has 2 aromatic heterocycles. The zero-order valence-electron chi connectivity index (χ0n) is 18.2. The number of pyridine rings is 1. The average Bonchev–Trinajstić information content (AvgIpc) is 3.32. The third kappa shape index (κ3) is 4.03. The molecule has 7 nitrogen and oxygen atoms in total. The molecule has 2 aromatic carbocycles. The van der Waals surface area contributed by atoms with Crippen molar-refractivity contribution in [3.63, 3.8) is 0 Å². The Balaban J connectivity index is 1.63. The molecule has 1 amide bonds. The van der Waals surface area contributed by atoms with Crippen molar-refractivity contribution in [2.24, 2.45) is 0 Å². The van der Waals surface area contributed by atoms with Gasteiger partial charge in [-0.15, -0.1) is 0 Å². The number of hydrogen-bond acceptors (Lipinski definition) is 5. The molecule has 0 radical (unpaired) electrons. The SMILES string of the molecule is CCOc1cc(C(=O)N(C)Cc2cnc(C)c3cn[nH]c23)ccc1-c1cccc(C#N)c1. The number of aromatic nitrogens is 3. The lowest BCUT2D eigenvalue weighted by atomic mass is 10.0. The van der Waals surface area contributed by atoms with E-state index in [-0.39, 0.29) is 5.91 Å². The normalized spacial score (nSPS) is 10.7. The number of carbonyl (C=O) groups excluding carboxylic acids is 1. The van der Waals surface area contributed by atoms with Gasteiger partial charge in [-0.25, -0.2) is 0 Å². The molecular weight excluding hydrogens is 402 g/mol. The van der Waals surface area contributed by atoms with Crippen molar-refractivity contribution in [3.05, 3.63) is 77.2 Å². The summed E-state index contributed by atoms with van der Waals surface area (Å²) in [6, 6.07) is 14.9. The standard InChI is InChI=1S/C25H23N5O2/c1-4-32-23-11-19(8-9-21(23)18-7-5-6-17(10-18)12-26)25(31)30(3)15-20-13-27-16(2)22-14-28-29-24(20)22/h5-11,13-14H,4,15H2,1-3H3,(H,28,29). The number of nitrogens with zero attached hydrogens (tertiary/aromatic N) is 4. The van der Waals surface area contributed by atoms with Crippen molar-refractivity contribution in [1.82, 2.24) is 20.1 Å². The Bertz CT molecular complexity index is 1340. The molecule has 0 aliphatic rings. The number of H-pyrrole nitrogens is 1. The number of fused-ring (bicyclic) bond motifs is 1. The van der Waals surface area contributed by atoms with Gasteiger partial charge in [0.1, 0.15) is 5.75 Å². The number of benzene rings is 2. The van der Waals surface area contributed by atoms with Crippen LogP contribution in [0.1, 0.15) is 34.1 Å². The summed E-state index contributed by atoms with van der Waals surface area (Å²) in [5, 5.41) is 17.3. The molecule has 0 fully saturated rings. The van der Waals surface area contributed by atoms with Gasteiger partial charge in [-0.1, -0.05) is 12.1 Å². The number of rotatable bonds is 6. The average molecular weight is 425 g/mol. The lowest BCUT2D eigenvalue weighted by Gasteiger charge is -2.19. The molecule has 4 aromatic rings. The molecule has 0 saturated heterocycles. The van der Waals surface area contributed by atoms with Gasteiger partial charge in [-0.2, -0.15) is 10.4 Å². The third-order valence-corrected chi connectivity index (χ3v) is 5.35. The van der Waals surface area contributed by atoms with Gasteiger partial charge in [0.2, 0.25) is 0 Å². The van der Waals surface area contributed by atoms with Gasteiger partial charge < -0.3 is 9.64 Å². The molecule has 2 heterocycles. The van der Waals surface area contributed by atoms with Crippen molar-refractivity contribution in [2.45, 2.75) is 20.4 Å². The molecule has 0 unspecified atom stereocenters. The van der Waals surface area contributed by atoms with Crippen LogP contribution in [0.4, 0.5) is 0 Å². The van der Waals surface area contributed by atoms with Gasteiger partial charge >= 0.3 is 0 Å². The van der Waals surface area contributed by atoms with Crippen LogP contribution in [0.25, 0.3) is 22.0 Å². The van der Waals surface area contributed by atoms with E-state index in [1.165, 1.54) is 0 Å². The first-order valence-electron chi connectivity index (χ1n) is 10.3. The maximum atomic E-state index is 13.2. The molecule has 32 heavy (non-hydrogen) atoms. The number of aryl methyl sites for hydroxylation is 1. The molecule has 0 aliphatic heterocycles. The fourth-order valence-electron chi connectivity index (χ4n) is 3.71. The summed E-state index contributed by atoms with van der Waals surface area (Å²) in [7, 11) is 1.76. The lowest BCUT2D eigenvalue weighted by molar-refractivity contribution is 0.0785. The van der Waals surface area contributed by atoms with Crippen LogP contribution in [0.15, 0.2) is 54.9 Å². The molecule has 7 heteroatoms. The van der Waals surface area contributed by atoms with E-state index in [0.29, 0.717) is 30.0 Å². The molecule has 160 valence electrons.